The van der Waals surface area contributed by atoms with Crippen LogP contribution in [-0.4, -0.2) is 9.94 Å². The van der Waals surface area contributed by atoms with Gasteiger partial charge in [0.2, 0.25) is 6.33 Å². The number of hydrogen-bond acceptors (Lipinski definition) is 0. The number of imidazole rings is 1. The molecule has 1 aromatic heterocycles. The second kappa shape index (κ2) is 8.89. The number of halogens is 2. The molecule has 0 saturated carbocycles. The van der Waals surface area contributed by atoms with Gasteiger partial charge in [-0.1, -0.05) is 32.6 Å². The monoisotopic (exact) mass is 264 g/mol. The molecular formula is C12H22Cl2N2. The highest BCUT2D eigenvalue weighted by Gasteiger charge is 2.09. The quantitative estimate of drug-likeness (QED) is 0.370. The molecule has 0 radical (unpaired) electrons. The summed E-state index contributed by atoms with van der Waals surface area (Å²) in [6.07, 6.45) is 12.5. The highest BCUT2D eigenvalue weighted by Crippen LogP contribution is 2.11. The summed E-state index contributed by atoms with van der Waals surface area (Å²) in [5.41, 5.74) is 0. The largest absolute Gasteiger partial charge is 1.00 e. The molecule has 0 aliphatic rings. The van der Waals surface area contributed by atoms with Gasteiger partial charge in [-0.25, -0.2) is 9.13 Å². The van der Waals surface area contributed by atoms with Crippen LogP contribution in [0.25, 0.3) is 0 Å². The molecule has 0 fully saturated rings. The predicted molar refractivity (Wildman–Crippen MR) is 64.0 cm³/mol. The van der Waals surface area contributed by atoms with E-state index in [2.05, 4.69) is 24.0 Å². The minimum absolute atomic E-state index is 0. The Morgan fingerprint density at radius 3 is 2.62 bits per heavy atom. The molecule has 2 nitrogen and oxygen atoms in total. The second-order valence-corrected chi connectivity index (χ2v) is 4.84. The molecule has 1 unspecified atom stereocenters. The summed E-state index contributed by atoms with van der Waals surface area (Å²) in [7, 11) is 2.03. The van der Waals surface area contributed by atoms with Crippen molar-refractivity contribution in [3.8, 4) is 0 Å². The number of unbranched alkanes of at least 4 members (excludes halogenated alkanes) is 3. The van der Waals surface area contributed by atoms with Gasteiger partial charge in [0.25, 0.3) is 0 Å². The standard InChI is InChI=1S/C12H22ClN2.ClH/c1-3-4-5-6-7-12(13)10-15-9-8-14(2)11-15;/h8-9,11-12H,3-7,10H2,1-2H3;1H/q+1;/p-1. The molecule has 94 valence electrons. The van der Waals surface area contributed by atoms with E-state index in [0.717, 1.165) is 13.0 Å². The molecule has 0 bridgehead atoms. The van der Waals surface area contributed by atoms with Crippen molar-refractivity contribution in [1.82, 2.24) is 4.57 Å². The van der Waals surface area contributed by atoms with Gasteiger partial charge < -0.3 is 12.4 Å². The second-order valence-electron chi connectivity index (χ2n) is 4.22. The third-order valence-corrected chi connectivity index (χ3v) is 2.96. The van der Waals surface area contributed by atoms with Gasteiger partial charge in [-0.15, -0.1) is 11.6 Å². The van der Waals surface area contributed by atoms with Gasteiger partial charge in [0, 0.05) is 0 Å². The number of nitrogens with zero attached hydrogens (tertiary/aromatic N) is 2. The highest BCUT2D eigenvalue weighted by atomic mass is 35.5. The van der Waals surface area contributed by atoms with Crippen molar-refractivity contribution < 1.29 is 17.0 Å². The summed E-state index contributed by atoms with van der Waals surface area (Å²) >= 11 is 6.27. The molecule has 1 aromatic rings. The van der Waals surface area contributed by atoms with E-state index in [0.29, 0.717) is 0 Å². The fraction of sp³-hybridized carbons (Fsp3) is 0.750. The molecule has 0 aromatic carbocycles. The van der Waals surface area contributed by atoms with Crippen LogP contribution in [0, 0.1) is 0 Å². The Hall–Kier alpha value is -0.210. The molecule has 0 aliphatic carbocycles. The fourth-order valence-corrected chi connectivity index (χ4v) is 2.04. The van der Waals surface area contributed by atoms with Crippen LogP contribution in [-0.2, 0) is 13.6 Å². The van der Waals surface area contributed by atoms with Crippen molar-refractivity contribution in [1.29, 1.82) is 0 Å². The lowest BCUT2D eigenvalue weighted by molar-refractivity contribution is -0.671. The molecule has 0 saturated heterocycles. The summed E-state index contributed by atoms with van der Waals surface area (Å²) in [5, 5.41) is 0.272. The van der Waals surface area contributed by atoms with Crippen molar-refractivity contribution in [2.45, 2.75) is 50.9 Å². The molecule has 4 heteroatoms. The fourth-order valence-electron chi connectivity index (χ4n) is 1.72. The van der Waals surface area contributed by atoms with E-state index < -0.39 is 0 Å². The average molecular weight is 265 g/mol. The first-order chi connectivity index (χ1) is 7.22. The minimum Gasteiger partial charge on any atom is -1.00 e. The van der Waals surface area contributed by atoms with Crippen LogP contribution in [0.15, 0.2) is 18.7 Å². The van der Waals surface area contributed by atoms with Crippen LogP contribution >= 0.6 is 11.6 Å². The van der Waals surface area contributed by atoms with Crippen LogP contribution in [0.5, 0.6) is 0 Å². The minimum atomic E-state index is 0. The topological polar surface area (TPSA) is 8.81 Å². The lowest BCUT2D eigenvalue weighted by atomic mass is 10.1. The van der Waals surface area contributed by atoms with E-state index in [1.165, 1.54) is 25.7 Å². The molecule has 0 N–H and O–H groups in total. The molecule has 16 heavy (non-hydrogen) atoms. The van der Waals surface area contributed by atoms with E-state index >= 15 is 0 Å². The smallest absolute Gasteiger partial charge is 0.243 e. The van der Waals surface area contributed by atoms with E-state index in [1.807, 2.05) is 17.8 Å². The van der Waals surface area contributed by atoms with Crippen LogP contribution in [0.2, 0.25) is 0 Å². The van der Waals surface area contributed by atoms with Crippen LogP contribution in [0.3, 0.4) is 0 Å². The van der Waals surface area contributed by atoms with Crippen molar-refractivity contribution in [2.24, 2.45) is 7.05 Å². The summed E-state index contributed by atoms with van der Waals surface area (Å²) in [6, 6.07) is 0. The Morgan fingerprint density at radius 1 is 1.31 bits per heavy atom. The Labute approximate surface area is 110 Å². The maximum atomic E-state index is 6.27. The Morgan fingerprint density at radius 2 is 2.06 bits per heavy atom. The zero-order chi connectivity index (χ0) is 11.1. The van der Waals surface area contributed by atoms with Gasteiger partial charge in [0.1, 0.15) is 18.9 Å². The number of alkyl halides is 1. The maximum absolute atomic E-state index is 6.27. The molecule has 0 spiro atoms. The van der Waals surface area contributed by atoms with Crippen LogP contribution < -0.4 is 17.0 Å². The first-order valence-electron chi connectivity index (χ1n) is 5.87. The first kappa shape index (κ1) is 15.8. The maximum Gasteiger partial charge on any atom is 0.243 e. The van der Waals surface area contributed by atoms with Crippen LogP contribution in [0.1, 0.15) is 39.0 Å². The normalized spacial score (nSPS) is 12.2. The van der Waals surface area contributed by atoms with Crippen LogP contribution in [0.4, 0.5) is 0 Å². The Bertz CT molecular complexity index is 274. The van der Waals surface area contributed by atoms with Crippen molar-refractivity contribution in [3.63, 3.8) is 0 Å². The number of aryl methyl sites for hydroxylation is 1. The first-order valence-corrected chi connectivity index (χ1v) is 6.31. The Balaban J connectivity index is 0.00000225. The van der Waals surface area contributed by atoms with Gasteiger partial charge in [-0.2, -0.15) is 0 Å². The third-order valence-electron chi connectivity index (χ3n) is 2.60. The molecule has 0 aliphatic heterocycles. The summed E-state index contributed by atoms with van der Waals surface area (Å²) < 4.78 is 4.19. The molecule has 1 heterocycles. The third kappa shape index (κ3) is 6.39. The van der Waals surface area contributed by atoms with Crippen molar-refractivity contribution in [2.75, 3.05) is 0 Å². The van der Waals surface area contributed by atoms with Gasteiger partial charge in [0.15, 0.2) is 0 Å². The molecule has 0 amide bonds. The lowest BCUT2D eigenvalue weighted by Gasteiger charge is -2.06. The Kier molecular flexibility index (Phi) is 8.77. The number of aromatic nitrogens is 2. The van der Waals surface area contributed by atoms with E-state index in [9.17, 15) is 0 Å². The SMILES string of the molecule is CCCCCCC(Cl)Cn1cc[n+](C)c1.[Cl-]. The molecule has 1 atom stereocenters. The van der Waals surface area contributed by atoms with Gasteiger partial charge >= 0.3 is 0 Å². The van der Waals surface area contributed by atoms with Crippen molar-refractivity contribution in [3.05, 3.63) is 18.7 Å². The zero-order valence-electron chi connectivity index (χ0n) is 10.2. The van der Waals surface area contributed by atoms with Gasteiger partial charge in [-0.05, 0) is 6.42 Å². The van der Waals surface area contributed by atoms with Gasteiger partial charge in [0.05, 0.1) is 12.4 Å². The highest BCUT2D eigenvalue weighted by molar-refractivity contribution is 6.20. The van der Waals surface area contributed by atoms with Gasteiger partial charge in [-0.3, -0.25) is 0 Å². The summed E-state index contributed by atoms with van der Waals surface area (Å²) in [4.78, 5) is 0. The lowest BCUT2D eigenvalue weighted by Crippen LogP contribution is -3.00. The van der Waals surface area contributed by atoms with Crippen molar-refractivity contribution >= 4 is 11.6 Å². The summed E-state index contributed by atoms with van der Waals surface area (Å²) in [6.45, 7) is 3.16. The number of hydrogen-bond donors (Lipinski definition) is 0. The predicted octanol–water partition coefficient (Wildman–Crippen LogP) is -0.106. The van der Waals surface area contributed by atoms with E-state index in [-0.39, 0.29) is 17.8 Å². The van der Waals surface area contributed by atoms with E-state index in [4.69, 9.17) is 11.6 Å². The molecule has 1 rings (SSSR count). The average Bonchev–Trinajstić information content (AvgIpc) is 2.59. The molecular weight excluding hydrogens is 243 g/mol. The summed E-state index contributed by atoms with van der Waals surface area (Å²) in [5.74, 6) is 0. The van der Waals surface area contributed by atoms with E-state index in [1.54, 1.807) is 0 Å². The number of rotatable bonds is 7. The zero-order valence-corrected chi connectivity index (χ0v) is 11.7.